The van der Waals surface area contributed by atoms with Crippen molar-refractivity contribution in [3.63, 3.8) is 0 Å². The Morgan fingerprint density at radius 1 is 1.38 bits per heavy atom. The third kappa shape index (κ3) is 4.79. The fourth-order valence-electron chi connectivity index (χ4n) is 1.13. The van der Waals surface area contributed by atoms with E-state index in [9.17, 15) is 4.79 Å². The van der Waals surface area contributed by atoms with Crippen molar-refractivity contribution in [2.24, 2.45) is 4.99 Å². The summed E-state index contributed by atoms with van der Waals surface area (Å²) in [6.07, 6.45) is 1.51. The molecule has 1 N–H and O–H groups in total. The van der Waals surface area contributed by atoms with E-state index in [1.807, 2.05) is 6.07 Å². The minimum absolute atomic E-state index is 0. The molecular formula is C11H14N2NaO2+. The zero-order valence-electron chi connectivity index (χ0n) is 9.79. The predicted octanol–water partition coefficient (Wildman–Crippen LogP) is -1.59. The van der Waals surface area contributed by atoms with Crippen molar-refractivity contribution in [1.29, 1.82) is 0 Å². The van der Waals surface area contributed by atoms with Gasteiger partial charge in [-0.3, -0.25) is 4.99 Å². The van der Waals surface area contributed by atoms with Crippen molar-refractivity contribution in [2.75, 3.05) is 14.1 Å². The molecule has 0 unspecified atom stereocenters. The molecule has 5 heteroatoms. The zero-order valence-corrected chi connectivity index (χ0v) is 11.8. The molecule has 0 aromatic heterocycles. The quantitative estimate of drug-likeness (QED) is 0.384. The number of carboxylic acid groups (broad SMARTS) is 1. The second-order valence-electron chi connectivity index (χ2n) is 3.38. The van der Waals surface area contributed by atoms with Gasteiger partial charge in [-0.2, -0.15) is 0 Å². The van der Waals surface area contributed by atoms with Crippen LogP contribution in [0.3, 0.4) is 0 Å². The number of carbonyl (C=O) groups is 1. The summed E-state index contributed by atoms with van der Waals surface area (Å²) in [5, 5.41) is 9.01. The number of aliphatic imine (C=N–C) groups is 1. The average molecular weight is 229 g/mol. The third-order valence-corrected chi connectivity index (χ3v) is 1.80. The summed E-state index contributed by atoms with van der Waals surface area (Å²) in [6.45, 7) is 0. The Balaban J connectivity index is 0.00000225. The molecule has 16 heavy (non-hydrogen) atoms. The van der Waals surface area contributed by atoms with Gasteiger partial charge in [0.05, 0.1) is 6.34 Å². The van der Waals surface area contributed by atoms with Crippen molar-refractivity contribution < 1.29 is 39.5 Å². The normalized spacial score (nSPS) is 11.9. The molecule has 0 bridgehead atoms. The van der Waals surface area contributed by atoms with E-state index in [4.69, 9.17) is 5.11 Å². The van der Waals surface area contributed by atoms with Gasteiger partial charge >= 0.3 is 35.5 Å². The maximum Gasteiger partial charge on any atom is 1.00 e. The first-order valence-corrected chi connectivity index (χ1v) is 4.58. The average Bonchev–Trinajstić information content (AvgIpc) is 2.18. The van der Waals surface area contributed by atoms with Crippen LogP contribution in [0.2, 0.25) is 0 Å². The van der Waals surface area contributed by atoms with E-state index in [0.717, 1.165) is 0 Å². The maximum absolute atomic E-state index is 11.0. The molecule has 0 fully saturated rings. The largest absolute Gasteiger partial charge is 1.00 e. The predicted molar refractivity (Wildman–Crippen MR) is 59.0 cm³/mol. The Bertz CT molecular complexity index is 352. The van der Waals surface area contributed by atoms with E-state index in [2.05, 4.69) is 4.99 Å². The van der Waals surface area contributed by atoms with Gasteiger partial charge in [0.2, 0.25) is 0 Å². The van der Waals surface area contributed by atoms with Crippen LogP contribution in [0.1, 0.15) is 11.6 Å². The van der Waals surface area contributed by atoms with Crippen molar-refractivity contribution in [1.82, 2.24) is 4.90 Å². The van der Waals surface area contributed by atoms with Crippen molar-refractivity contribution in [2.45, 2.75) is 6.04 Å². The number of nitrogens with zero attached hydrogens (tertiary/aromatic N) is 2. The number of carboxylic acids is 1. The van der Waals surface area contributed by atoms with Crippen LogP contribution in [-0.4, -0.2) is 36.4 Å². The molecule has 0 aliphatic carbocycles. The van der Waals surface area contributed by atoms with Gasteiger partial charge in [-0.25, -0.2) is 4.79 Å². The van der Waals surface area contributed by atoms with Crippen LogP contribution in [0.15, 0.2) is 35.3 Å². The molecule has 0 heterocycles. The van der Waals surface area contributed by atoms with E-state index >= 15 is 0 Å². The molecule has 0 aliphatic rings. The van der Waals surface area contributed by atoms with Gasteiger partial charge in [-0.1, -0.05) is 30.3 Å². The SMILES string of the molecule is CN(C)C=N[C@@H](C(=O)O)c1ccccc1.[Na+]. The zero-order chi connectivity index (χ0) is 11.3. The van der Waals surface area contributed by atoms with Crippen LogP contribution in [0, 0.1) is 0 Å². The molecule has 0 aliphatic heterocycles. The Labute approximate surface area is 117 Å². The van der Waals surface area contributed by atoms with Gasteiger partial charge in [0.25, 0.3) is 0 Å². The minimum atomic E-state index is -0.945. The van der Waals surface area contributed by atoms with Crippen molar-refractivity contribution in [3.05, 3.63) is 35.9 Å². The van der Waals surface area contributed by atoms with E-state index in [1.54, 1.807) is 43.3 Å². The van der Waals surface area contributed by atoms with E-state index in [-0.39, 0.29) is 29.6 Å². The van der Waals surface area contributed by atoms with E-state index < -0.39 is 12.0 Å². The molecule has 4 nitrogen and oxygen atoms in total. The molecule has 0 amide bonds. The number of benzene rings is 1. The Morgan fingerprint density at radius 3 is 2.38 bits per heavy atom. The molecule has 0 spiro atoms. The Kier molecular flexibility index (Phi) is 7.05. The summed E-state index contributed by atoms with van der Waals surface area (Å²) in [5.41, 5.74) is 0.683. The maximum atomic E-state index is 11.0. The molecule has 0 saturated carbocycles. The number of aliphatic carboxylic acids is 1. The number of hydrogen-bond acceptors (Lipinski definition) is 2. The second kappa shape index (κ2) is 7.44. The number of hydrogen-bond donors (Lipinski definition) is 1. The van der Waals surface area contributed by atoms with Gasteiger partial charge in [0.15, 0.2) is 6.04 Å². The molecule has 0 saturated heterocycles. The first-order valence-electron chi connectivity index (χ1n) is 4.58. The monoisotopic (exact) mass is 229 g/mol. The van der Waals surface area contributed by atoms with Gasteiger partial charge in [-0.15, -0.1) is 0 Å². The smallest absolute Gasteiger partial charge is 0.479 e. The van der Waals surface area contributed by atoms with Crippen molar-refractivity contribution >= 4 is 12.3 Å². The second-order valence-corrected chi connectivity index (χ2v) is 3.38. The Morgan fingerprint density at radius 2 is 1.94 bits per heavy atom. The van der Waals surface area contributed by atoms with Crippen molar-refractivity contribution in [3.8, 4) is 0 Å². The van der Waals surface area contributed by atoms with Gasteiger partial charge in [0.1, 0.15) is 0 Å². The summed E-state index contributed by atoms with van der Waals surface area (Å²) >= 11 is 0. The van der Waals surface area contributed by atoms with Gasteiger partial charge in [0, 0.05) is 14.1 Å². The standard InChI is InChI=1S/C11H14N2O2.Na/c1-13(2)8-12-10(11(14)15)9-6-4-3-5-7-9;/h3-8,10H,1-2H3,(H,14,15);/q;+1/t10-;/m1./s1. The summed E-state index contributed by atoms with van der Waals surface area (Å²) in [4.78, 5) is 16.7. The molecule has 1 aromatic carbocycles. The Hall–Kier alpha value is -0.840. The topological polar surface area (TPSA) is 52.9 Å². The first-order chi connectivity index (χ1) is 7.11. The molecule has 1 rings (SSSR count). The fraction of sp³-hybridized carbons (Fsp3) is 0.273. The molecular weight excluding hydrogens is 215 g/mol. The number of rotatable bonds is 4. The van der Waals surface area contributed by atoms with Crippen LogP contribution >= 0.6 is 0 Å². The minimum Gasteiger partial charge on any atom is -0.479 e. The fourth-order valence-corrected chi connectivity index (χ4v) is 1.13. The molecule has 80 valence electrons. The summed E-state index contributed by atoms with van der Waals surface area (Å²) < 4.78 is 0. The van der Waals surface area contributed by atoms with E-state index in [1.165, 1.54) is 6.34 Å². The van der Waals surface area contributed by atoms with Crippen LogP contribution in [-0.2, 0) is 4.79 Å². The van der Waals surface area contributed by atoms with Crippen LogP contribution in [0.4, 0.5) is 0 Å². The molecule has 1 atom stereocenters. The summed E-state index contributed by atoms with van der Waals surface area (Å²) in [6, 6.07) is 8.14. The van der Waals surface area contributed by atoms with Crippen LogP contribution in [0.5, 0.6) is 0 Å². The molecule has 0 radical (unpaired) electrons. The first kappa shape index (κ1) is 15.2. The third-order valence-electron chi connectivity index (χ3n) is 1.80. The van der Waals surface area contributed by atoms with E-state index in [0.29, 0.717) is 5.56 Å². The van der Waals surface area contributed by atoms with Crippen LogP contribution < -0.4 is 29.6 Å². The summed E-state index contributed by atoms with van der Waals surface area (Å²) in [7, 11) is 3.60. The van der Waals surface area contributed by atoms with Gasteiger partial charge < -0.3 is 10.0 Å². The van der Waals surface area contributed by atoms with Crippen LogP contribution in [0.25, 0.3) is 0 Å². The van der Waals surface area contributed by atoms with Gasteiger partial charge in [-0.05, 0) is 5.56 Å². The molecule has 1 aromatic rings. The summed E-state index contributed by atoms with van der Waals surface area (Å²) in [5.74, 6) is -0.945.